The van der Waals surface area contributed by atoms with Crippen LogP contribution in [-0.2, 0) is 12.8 Å². The van der Waals surface area contributed by atoms with Gasteiger partial charge in [0.2, 0.25) is 0 Å². The average Bonchev–Trinajstić information content (AvgIpc) is 2.72. The Bertz CT molecular complexity index is 920. The number of nitrogens with zero attached hydrogens (tertiary/aromatic N) is 2. The molecule has 2 aromatic carbocycles. The molecule has 3 heteroatoms. The second kappa shape index (κ2) is 10.1. The van der Waals surface area contributed by atoms with Gasteiger partial charge in [0.05, 0.1) is 20.2 Å². The smallest absolute Gasteiger partial charge is 0.0913 e. The van der Waals surface area contributed by atoms with E-state index in [4.69, 9.17) is 9.98 Å². The topological polar surface area (TPSA) is 24.7 Å². The van der Waals surface area contributed by atoms with Gasteiger partial charge in [-0.2, -0.15) is 0 Å². The lowest BCUT2D eigenvalue weighted by atomic mass is 9.95. The van der Waals surface area contributed by atoms with Crippen LogP contribution in [0.1, 0.15) is 50.8 Å². The fourth-order valence-electron chi connectivity index (χ4n) is 4.59. The Balaban J connectivity index is 1.58. The quantitative estimate of drug-likeness (QED) is 0.430. The van der Waals surface area contributed by atoms with Crippen LogP contribution >= 0.6 is 0 Å². The molecule has 0 aliphatic carbocycles. The highest BCUT2D eigenvalue weighted by Crippen LogP contribution is 2.20. The highest BCUT2D eigenvalue weighted by molar-refractivity contribution is 6.89. The van der Waals surface area contributed by atoms with Gasteiger partial charge in [-0.3, -0.25) is 9.98 Å². The zero-order valence-electron chi connectivity index (χ0n) is 20.6. The fraction of sp³-hybridized carbons (Fsp3) is 0.500. The minimum absolute atomic E-state index is 0.195. The van der Waals surface area contributed by atoms with Crippen molar-refractivity contribution in [1.29, 1.82) is 0 Å². The molecule has 1 aliphatic rings. The summed E-state index contributed by atoms with van der Waals surface area (Å²) in [5.41, 5.74) is 6.54. The molecule has 0 aromatic heterocycles. The highest BCUT2D eigenvalue weighted by Gasteiger charge is 2.25. The van der Waals surface area contributed by atoms with Crippen LogP contribution < -0.4 is 5.19 Å². The number of benzene rings is 2. The van der Waals surface area contributed by atoms with E-state index in [9.17, 15) is 0 Å². The van der Waals surface area contributed by atoms with Crippen LogP contribution in [0, 0.1) is 12.8 Å². The molecule has 0 unspecified atom stereocenters. The summed E-state index contributed by atoms with van der Waals surface area (Å²) >= 11 is 0. The first-order valence-corrected chi connectivity index (χ1v) is 15.1. The summed E-state index contributed by atoms with van der Waals surface area (Å²) in [6.07, 6.45) is 3.41. The number of hydrogen-bond acceptors (Lipinski definition) is 2. The summed E-state index contributed by atoms with van der Waals surface area (Å²) in [7, 11) is -1.42. The number of aryl methyl sites for hydroxylation is 2. The van der Waals surface area contributed by atoms with E-state index in [2.05, 4.69) is 96.2 Å². The Labute approximate surface area is 190 Å². The van der Waals surface area contributed by atoms with Crippen molar-refractivity contribution in [2.24, 2.45) is 15.9 Å². The van der Waals surface area contributed by atoms with Gasteiger partial charge < -0.3 is 0 Å². The summed E-state index contributed by atoms with van der Waals surface area (Å²) in [5.74, 6) is 0.511. The molecule has 2 nitrogen and oxygen atoms in total. The van der Waals surface area contributed by atoms with Crippen LogP contribution in [0.3, 0.4) is 0 Å². The van der Waals surface area contributed by atoms with Gasteiger partial charge in [0.25, 0.3) is 0 Å². The molecule has 0 saturated carbocycles. The van der Waals surface area contributed by atoms with Crippen LogP contribution in [0.4, 0.5) is 0 Å². The Morgan fingerprint density at radius 1 is 0.806 bits per heavy atom. The van der Waals surface area contributed by atoms with E-state index < -0.39 is 8.07 Å². The Morgan fingerprint density at radius 3 is 2.03 bits per heavy atom. The van der Waals surface area contributed by atoms with Crippen LogP contribution in [0.5, 0.6) is 0 Å². The molecule has 166 valence electrons. The van der Waals surface area contributed by atoms with E-state index in [-0.39, 0.29) is 12.1 Å². The Kier molecular flexibility index (Phi) is 7.69. The van der Waals surface area contributed by atoms with Gasteiger partial charge in [0.15, 0.2) is 0 Å². The van der Waals surface area contributed by atoms with Crippen molar-refractivity contribution in [2.75, 3.05) is 0 Å². The predicted octanol–water partition coefficient (Wildman–Crippen LogP) is 6.41. The first-order valence-electron chi connectivity index (χ1n) is 11.9. The molecule has 0 amide bonds. The number of rotatable bonds is 8. The van der Waals surface area contributed by atoms with Gasteiger partial charge in [0, 0.05) is 17.8 Å². The maximum Gasteiger partial charge on any atom is 0.0913 e. The molecule has 0 saturated heterocycles. The van der Waals surface area contributed by atoms with E-state index in [0.29, 0.717) is 5.92 Å². The van der Waals surface area contributed by atoms with Crippen molar-refractivity contribution in [3.63, 3.8) is 0 Å². The van der Waals surface area contributed by atoms with Crippen molar-refractivity contribution in [3.8, 4) is 0 Å². The molecule has 2 aromatic rings. The van der Waals surface area contributed by atoms with E-state index in [0.717, 1.165) is 6.42 Å². The molecular weight excluding hydrogens is 392 g/mol. The largest absolute Gasteiger partial charge is 0.283 e. The van der Waals surface area contributed by atoms with Crippen LogP contribution in [-0.4, -0.2) is 31.6 Å². The van der Waals surface area contributed by atoms with E-state index in [1.54, 1.807) is 5.19 Å². The Hall–Kier alpha value is -2.00. The lowest BCUT2D eigenvalue weighted by Crippen LogP contribution is -2.41. The molecule has 3 rings (SSSR count). The van der Waals surface area contributed by atoms with Crippen molar-refractivity contribution in [3.05, 3.63) is 65.2 Å². The van der Waals surface area contributed by atoms with Gasteiger partial charge >= 0.3 is 0 Å². The average molecular weight is 433 g/mol. The first-order chi connectivity index (χ1) is 14.7. The lowest BCUT2D eigenvalue weighted by molar-refractivity contribution is 0.580. The SMILES string of the molecule is CC1=N[C@H](C(C)C)C(C)=N[C@H]1Cc1ccc([Si](C)(C)CCCc2ccc(C)cc2)cc1. The second-order valence-corrected chi connectivity index (χ2v) is 15.2. The van der Waals surface area contributed by atoms with Gasteiger partial charge in [-0.25, -0.2) is 0 Å². The highest BCUT2D eigenvalue weighted by atomic mass is 28.3. The molecule has 0 spiro atoms. The third-order valence-corrected chi connectivity index (χ3v) is 10.3. The van der Waals surface area contributed by atoms with Crippen molar-refractivity contribution in [2.45, 2.75) is 85.1 Å². The molecule has 0 N–H and O–H groups in total. The fourth-order valence-corrected chi connectivity index (χ4v) is 7.01. The summed E-state index contributed by atoms with van der Waals surface area (Å²) < 4.78 is 0. The molecule has 1 aliphatic heterocycles. The van der Waals surface area contributed by atoms with Gasteiger partial charge in [0.1, 0.15) is 0 Å². The minimum atomic E-state index is -1.42. The maximum atomic E-state index is 5.00. The predicted molar refractivity (Wildman–Crippen MR) is 140 cm³/mol. The van der Waals surface area contributed by atoms with Crippen molar-refractivity contribution >= 4 is 24.7 Å². The summed E-state index contributed by atoms with van der Waals surface area (Å²) in [4.78, 5) is 9.95. The summed E-state index contributed by atoms with van der Waals surface area (Å²) in [6, 6.07) is 20.2. The standard InChI is InChI=1S/C28H40N2Si/c1-20(2)28-23(5)29-27(22(4)30-28)19-25-14-16-26(17-15-25)31(6,7)18-8-9-24-12-10-21(3)11-13-24/h10-17,20,27-28H,8-9,18-19H2,1-7H3/t27-,28+/m0/s1. The van der Waals surface area contributed by atoms with Crippen LogP contribution in [0.15, 0.2) is 58.5 Å². The van der Waals surface area contributed by atoms with Crippen LogP contribution in [0.2, 0.25) is 19.1 Å². The number of hydrogen-bond donors (Lipinski definition) is 0. The van der Waals surface area contributed by atoms with E-state index in [1.807, 2.05) is 0 Å². The maximum absolute atomic E-state index is 5.00. The monoisotopic (exact) mass is 432 g/mol. The molecule has 1 heterocycles. The molecule has 31 heavy (non-hydrogen) atoms. The van der Waals surface area contributed by atoms with E-state index >= 15 is 0 Å². The third kappa shape index (κ3) is 6.26. The second-order valence-electron chi connectivity index (χ2n) is 10.4. The zero-order chi connectivity index (χ0) is 22.6. The molecular formula is C28H40N2Si. The summed E-state index contributed by atoms with van der Waals surface area (Å²) in [6.45, 7) is 15.9. The van der Waals surface area contributed by atoms with Gasteiger partial charge in [-0.15, -0.1) is 0 Å². The molecule has 0 radical (unpaired) electrons. The minimum Gasteiger partial charge on any atom is -0.283 e. The van der Waals surface area contributed by atoms with E-state index in [1.165, 1.54) is 47.0 Å². The molecule has 0 fully saturated rings. The lowest BCUT2D eigenvalue weighted by Gasteiger charge is -2.27. The zero-order valence-corrected chi connectivity index (χ0v) is 21.6. The Morgan fingerprint density at radius 2 is 1.42 bits per heavy atom. The molecule has 2 atom stereocenters. The van der Waals surface area contributed by atoms with Crippen molar-refractivity contribution in [1.82, 2.24) is 0 Å². The third-order valence-electron chi connectivity index (χ3n) is 6.80. The van der Waals surface area contributed by atoms with Crippen molar-refractivity contribution < 1.29 is 0 Å². The van der Waals surface area contributed by atoms with Gasteiger partial charge in [-0.05, 0) is 44.2 Å². The first kappa shape index (κ1) is 23.7. The van der Waals surface area contributed by atoms with Crippen LogP contribution in [0.25, 0.3) is 0 Å². The summed E-state index contributed by atoms with van der Waals surface area (Å²) in [5, 5.41) is 1.56. The normalized spacial score (nSPS) is 19.4. The van der Waals surface area contributed by atoms with Gasteiger partial charge in [-0.1, -0.05) is 98.7 Å². The molecule has 0 bridgehead atoms. The number of aliphatic imine (C=N–C) groups is 2.